The number of primary amides is 1. The molecule has 1 aliphatic heterocycles. The van der Waals surface area contributed by atoms with E-state index < -0.39 is 5.91 Å². The Kier molecular flexibility index (Phi) is 2.76. The molecule has 0 aromatic heterocycles. The van der Waals surface area contributed by atoms with Crippen molar-refractivity contribution in [2.75, 3.05) is 12.3 Å². The number of carbonyl (C=O) groups excluding carboxylic acids is 2. The summed E-state index contributed by atoms with van der Waals surface area (Å²) in [6, 6.07) is 0. The third-order valence-electron chi connectivity index (χ3n) is 1.40. The van der Waals surface area contributed by atoms with E-state index in [1.54, 1.807) is 0 Å². The van der Waals surface area contributed by atoms with E-state index >= 15 is 0 Å². The second kappa shape index (κ2) is 3.61. The van der Waals surface area contributed by atoms with Gasteiger partial charge in [0.15, 0.2) is 0 Å². The van der Waals surface area contributed by atoms with Gasteiger partial charge in [0.05, 0.1) is 5.25 Å². The Morgan fingerprint density at radius 2 is 2.55 bits per heavy atom. The third kappa shape index (κ3) is 2.42. The average Bonchev–Trinajstić information content (AvgIpc) is 1.93. The number of amides is 2. The zero-order valence-electron chi connectivity index (χ0n) is 6.00. The van der Waals surface area contributed by atoms with Crippen LogP contribution in [0.1, 0.15) is 6.42 Å². The molecular formula is C6H10N2O2S. The second-order valence-electron chi connectivity index (χ2n) is 2.32. The Bertz CT molecular complexity index is 183. The van der Waals surface area contributed by atoms with Gasteiger partial charge in [-0.15, -0.1) is 11.8 Å². The van der Waals surface area contributed by atoms with Crippen molar-refractivity contribution in [2.24, 2.45) is 5.73 Å². The number of hydrogen-bond donors (Lipinski definition) is 2. The molecule has 0 radical (unpaired) electrons. The zero-order valence-corrected chi connectivity index (χ0v) is 6.82. The minimum absolute atomic E-state index is 0.0694. The molecule has 1 unspecified atom stereocenters. The minimum atomic E-state index is -0.417. The van der Waals surface area contributed by atoms with E-state index in [0.717, 1.165) is 5.75 Å². The molecule has 62 valence electrons. The summed E-state index contributed by atoms with van der Waals surface area (Å²) in [5, 5.41) is 2.41. The number of hydrogen-bond acceptors (Lipinski definition) is 3. The minimum Gasteiger partial charge on any atom is -0.370 e. The Morgan fingerprint density at radius 3 is 3.09 bits per heavy atom. The fourth-order valence-electron chi connectivity index (χ4n) is 0.899. The summed E-state index contributed by atoms with van der Waals surface area (Å²) in [6.45, 7) is 0.693. The number of rotatable bonds is 2. The first kappa shape index (κ1) is 8.39. The monoisotopic (exact) mass is 174 g/mol. The summed E-state index contributed by atoms with van der Waals surface area (Å²) in [5.41, 5.74) is 4.95. The van der Waals surface area contributed by atoms with Crippen LogP contribution < -0.4 is 11.1 Å². The van der Waals surface area contributed by atoms with E-state index in [-0.39, 0.29) is 17.6 Å². The van der Waals surface area contributed by atoms with Gasteiger partial charge in [0.1, 0.15) is 0 Å². The van der Waals surface area contributed by atoms with Crippen LogP contribution in [0.2, 0.25) is 0 Å². The first-order valence-corrected chi connectivity index (χ1v) is 4.42. The highest BCUT2D eigenvalue weighted by Crippen LogP contribution is 2.16. The molecular weight excluding hydrogens is 164 g/mol. The Morgan fingerprint density at radius 1 is 1.82 bits per heavy atom. The molecule has 0 bridgehead atoms. The number of nitrogens with one attached hydrogen (secondary N) is 1. The van der Waals surface area contributed by atoms with E-state index in [2.05, 4.69) is 5.32 Å². The van der Waals surface area contributed by atoms with Gasteiger partial charge in [-0.2, -0.15) is 0 Å². The smallest absolute Gasteiger partial charge is 0.233 e. The van der Waals surface area contributed by atoms with E-state index in [1.165, 1.54) is 11.8 Å². The van der Waals surface area contributed by atoms with E-state index in [0.29, 0.717) is 6.54 Å². The quantitative estimate of drug-likeness (QED) is 0.569. The molecule has 11 heavy (non-hydrogen) atoms. The van der Waals surface area contributed by atoms with Crippen LogP contribution in [-0.2, 0) is 9.59 Å². The van der Waals surface area contributed by atoms with Gasteiger partial charge in [0, 0.05) is 18.7 Å². The van der Waals surface area contributed by atoms with Crippen LogP contribution in [0.5, 0.6) is 0 Å². The molecule has 1 atom stereocenters. The molecule has 0 aromatic carbocycles. The van der Waals surface area contributed by atoms with E-state index in [9.17, 15) is 9.59 Å². The fraction of sp³-hybridized carbons (Fsp3) is 0.667. The van der Waals surface area contributed by atoms with Crippen LogP contribution in [-0.4, -0.2) is 29.4 Å². The van der Waals surface area contributed by atoms with Crippen LogP contribution in [0.25, 0.3) is 0 Å². The molecule has 0 aromatic rings. The first-order chi connectivity index (χ1) is 5.20. The van der Waals surface area contributed by atoms with Crippen molar-refractivity contribution in [2.45, 2.75) is 11.7 Å². The van der Waals surface area contributed by atoms with Crippen LogP contribution >= 0.6 is 11.8 Å². The fourth-order valence-corrected chi connectivity index (χ4v) is 1.92. The molecule has 5 heteroatoms. The summed E-state index contributed by atoms with van der Waals surface area (Å²) >= 11 is 1.49. The normalized spacial score (nSPS) is 24.4. The van der Waals surface area contributed by atoms with Gasteiger partial charge in [0.25, 0.3) is 0 Å². The molecule has 3 N–H and O–H groups in total. The van der Waals surface area contributed by atoms with E-state index in [4.69, 9.17) is 5.73 Å². The molecule has 0 aliphatic carbocycles. The highest BCUT2D eigenvalue weighted by Gasteiger charge is 2.23. The maximum Gasteiger partial charge on any atom is 0.233 e. The van der Waals surface area contributed by atoms with Crippen molar-refractivity contribution in [3.05, 3.63) is 0 Å². The molecule has 1 heterocycles. The van der Waals surface area contributed by atoms with Gasteiger partial charge in [-0.05, 0) is 0 Å². The topological polar surface area (TPSA) is 72.2 Å². The van der Waals surface area contributed by atoms with Crippen LogP contribution in [0.15, 0.2) is 0 Å². The lowest BCUT2D eigenvalue weighted by Gasteiger charge is -2.19. The first-order valence-electron chi connectivity index (χ1n) is 3.38. The van der Waals surface area contributed by atoms with Crippen molar-refractivity contribution in [3.8, 4) is 0 Å². The molecule has 0 saturated carbocycles. The van der Waals surface area contributed by atoms with Gasteiger partial charge in [-0.3, -0.25) is 9.59 Å². The number of nitrogens with two attached hydrogens (primary N) is 1. The van der Waals surface area contributed by atoms with Gasteiger partial charge in [-0.1, -0.05) is 0 Å². The molecule has 1 saturated heterocycles. The van der Waals surface area contributed by atoms with Crippen LogP contribution in [0, 0.1) is 0 Å². The number of carbonyl (C=O) groups is 2. The maximum absolute atomic E-state index is 11.0. The summed E-state index contributed by atoms with van der Waals surface area (Å²) in [4.78, 5) is 21.4. The van der Waals surface area contributed by atoms with Crippen LogP contribution in [0.3, 0.4) is 0 Å². The second-order valence-corrected chi connectivity index (χ2v) is 3.63. The number of thioether (sulfide) groups is 1. The van der Waals surface area contributed by atoms with Gasteiger partial charge < -0.3 is 11.1 Å². The zero-order chi connectivity index (χ0) is 8.27. The van der Waals surface area contributed by atoms with Crippen molar-refractivity contribution >= 4 is 23.6 Å². The summed E-state index contributed by atoms with van der Waals surface area (Å²) in [5.74, 6) is 0.378. The summed E-state index contributed by atoms with van der Waals surface area (Å²) in [6.07, 6.45) is 0.149. The average molecular weight is 174 g/mol. The standard InChI is InChI=1S/C6H10N2O2S/c7-5(9)3-4-6(10)8-1-2-11-4/h4H,1-3H2,(H2,7,9)(H,8,10). The Hall–Kier alpha value is -0.710. The largest absolute Gasteiger partial charge is 0.370 e. The van der Waals surface area contributed by atoms with Crippen molar-refractivity contribution < 1.29 is 9.59 Å². The van der Waals surface area contributed by atoms with E-state index in [1.807, 2.05) is 0 Å². The van der Waals surface area contributed by atoms with Crippen LogP contribution in [0.4, 0.5) is 0 Å². The molecule has 0 spiro atoms. The predicted octanol–water partition coefficient (Wildman–Crippen LogP) is -0.907. The van der Waals surface area contributed by atoms with Crippen molar-refractivity contribution in [1.82, 2.24) is 5.32 Å². The highest BCUT2D eigenvalue weighted by molar-refractivity contribution is 8.00. The predicted molar refractivity (Wildman–Crippen MR) is 43.1 cm³/mol. The Balaban J connectivity index is 2.42. The SMILES string of the molecule is NC(=O)CC1SCCNC1=O. The summed E-state index contributed by atoms with van der Waals surface area (Å²) < 4.78 is 0. The Labute approximate surface area is 68.9 Å². The molecule has 1 fully saturated rings. The lowest BCUT2D eigenvalue weighted by atomic mass is 10.3. The third-order valence-corrected chi connectivity index (χ3v) is 2.62. The highest BCUT2D eigenvalue weighted by atomic mass is 32.2. The molecule has 1 rings (SSSR count). The lowest BCUT2D eigenvalue weighted by molar-refractivity contribution is -0.124. The molecule has 1 aliphatic rings. The van der Waals surface area contributed by atoms with Crippen molar-refractivity contribution in [3.63, 3.8) is 0 Å². The summed E-state index contributed by atoms with van der Waals surface area (Å²) in [7, 11) is 0. The lowest BCUT2D eigenvalue weighted by Crippen LogP contribution is -2.41. The van der Waals surface area contributed by atoms with Gasteiger partial charge in [-0.25, -0.2) is 0 Å². The van der Waals surface area contributed by atoms with Gasteiger partial charge in [0.2, 0.25) is 11.8 Å². The molecule has 2 amide bonds. The maximum atomic E-state index is 11.0. The molecule has 4 nitrogen and oxygen atoms in total. The van der Waals surface area contributed by atoms with Crippen molar-refractivity contribution in [1.29, 1.82) is 0 Å². The van der Waals surface area contributed by atoms with Gasteiger partial charge >= 0.3 is 0 Å².